The van der Waals surface area contributed by atoms with Crippen LogP contribution in [0.4, 0.5) is 0 Å². The summed E-state index contributed by atoms with van der Waals surface area (Å²) in [6.45, 7) is 7.50. The molecule has 4 aliphatic rings. The van der Waals surface area contributed by atoms with Crippen molar-refractivity contribution >= 4 is 0 Å². The molecule has 1 aliphatic carbocycles. The van der Waals surface area contributed by atoms with Gasteiger partial charge in [0.2, 0.25) is 0 Å². The van der Waals surface area contributed by atoms with E-state index < -0.39 is 0 Å². The minimum Gasteiger partial charge on any atom is -0.381 e. The van der Waals surface area contributed by atoms with E-state index in [0.717, 1.165) is 45.2 Å². The van der Waals surface area contributed by atoms with E-state index in [1.165, 1.54) is 45.3 Å². The Kier molecular flexibility index (Phi) is 5.25. The number of nitrogens with one attached hydrogen (secondary N) is 1. The number of nitrogens with zero attached hydrogens (tertiary/aromatic N) is 1. The fraction of sp³-hybridized carbons (Fsp3) is 0.739. The zero-order valence-corrected chi connectivity index (χ0v) is 16.5. The van der Waals surface area contributed by atoms with Gasteiger partial charge in [-0.05, 0) is 74.1 Å². The third-order valence-electron chi connectivity index (χ3n) is 7.51. The largest absolute Gasteiger partial charge is 0.381 e. The number of piperidine rings is 1. The summed E-state index contributed by atoms with van der Waals surface area (Å²) in [7, 11) is 0. The lowest BCUT2D eigenvalue weighted by Crippen LogP contribution is -2.44. The average molecular weight is 371 g/mol. The molecule has 0 radical (unpaired) electrons. The minimum absolute atomic E-state index is 0.391. The van der Waals surface area contributed by atoms with Crippen LogP contribution in [0.25, 0.3) is 0 Å². The molecular weight excluding hydrogens is 336 g/mol. The number of hydrogen-bond donors (Lipinski definition) is 1. The van der Waals surface area contributed by atoms with E-state index in [1.807, 2.05) is 0 Å². The first-order valence-electron chi connectivity index (χ1n) is 11.1. The summed E-state index contributed by atoms with van der Waals surface area (Å²) in [5.74, 6) is 0.762. The highest BCUT2D eigenvalue weighted by Crippen LogP contribution is 2.51. The standard InChI is InChI=1S/C23H34N2O2/c1-2-4-21-20(3-1)22(24-19-6-13-26-14-7-19)15-23(21)8-10-25(11-9-23)16-18-5-12-27-17-18/h1-4,18-19,22,24H,5-17H2/t18-,22+/m1/s1. The van der Waals surface area contributed by atoms with E-state index in [1.54, 1.807) is 11.1 Å². The molecule has 4 nitrogen and oxygen atoms in total. The van der Waals surface area contributed by atoms with Crippen LogP contribution in [0.2, 0.25) is 0 Å². The van der Waals surface area contributed by atoms with Gasteiger partial charge in [-0.3, -0.25) is 0 Å². The van der Waals surface area contributed by atoms with Gasteiger partial charge < -0.3 is 19.7 Å². The topological polar surface area (TPSA) is 33.7 Å². The molecule has 1 N–H and O–H groups in total. The third-order valence-corrected chi connectivity index (χ3v) is 7.51. The normalized spacial score (nSPS) is 31.4. The molecule has 1 aromatic carbocycles. The zero-order chi connectivity index (χ0) is 18.1. The van der Waals surface area contributed by atoms with E-state index >= 15 is 0 Å². The van der Waals surface area contributed by atoms with Crippen molar-refractivity contribution in [3.8, 4) is 0 Å². The summed E-state index contributed by atoms with van der Waals surface area (Å²) in [6.07, 6.45) is 7.46. The molecule has 27 heavy (non-hydrogen) atoms. The summed E-state index contributed by atoms with van der Waals surface area (Å²) in [6, 6.07) is 10.4. The maximum absolute atomic E-state index is 5.58. The van der Waals surface area contributed by atoms with Gasteiger partial charge in [0, 0.05) is 38.4 Å². The molecular formula is C23H34N2O2. The molecule has 1 spiro atoms. The van der Waals surface area contributed by atoms with Crippen molar-refractivity contribution in [3.05, 3.63) is 35.4 Å². The Morgan fingerprint density at radius 2 is 1.78 bits per heavy atom. The van der Waals surface area contributed by atoms with Gasteiger partial charge in [-0.1, -0.05) is 24.3 Å². The third kappa shape index (κ3) is 3.69. The van der Waals surface area contributed by atoms with Gasteiger partial charge in [-0.25, -0.2) is 0 Å². The minimum atomic E-state index is 0.391. The van der Waals surface area contributed by atoms with Crippen molar-refractivity contribution < 1.29 is 9.47 Å². The molecule has 3 fully saturated rings. The molecule has 5 rings (SSSR count). The number of rotatable bonds is 4. The first-order valence-corrected chi connectivity index (χ1v) is 11.1. The van der Waals surface area contributed by atoms with Crippen molar-refractivity contribution in [2.75, 3.05) is 46.1 Å². The number of fused-ring (bicyclic) bond motifs is 2. The first-order chi connectivity index (χ1) is 13.3. The van der Waals surface area contributed by atoms with E-state index in [0.29, 0.717) is 17.5 Å². The summed E-state index contributed by atoms with van der Waals surface area (Å²) >= 11 is 0. The second-order valence-electron chi connectivity index (χ2n) is 9.21. The molecule has 3 aliphatic heterocycles. The lowest BCUT2D eigenvalue weighted by atomic mass is 9.73. The Morgan fingerprint density at radius 3 is 2.56 bits per heavy atom. The van der Waals surface area contributed by atoms with Gasteiger partial charge in [0.15, 0.2) is 0 Å². The van der Waals surface area contributed by atoms with E-state index in [4.69, 9.17) is 9.47 Å². The molecule has 4 heteroatoms. The Hall–Kier alpha value is -0.940. The molecule has 0 saturated carbocycles. The number of benzene rings is 1. The van der Waals surface area contributed by atoms with Crippen LogP contribution in [-0.4, -0.2) is 57.0 Å². The van der Waals surface area contributed by atoms with E-state index in [2.05, 4.69) is 34.5 Å². The monoisotopic (exact) mass is 370 g/mol. The van der Waals surface area contributed by atoms with Crippen LogP contribution in [0.1, 0.15) is 55.7 Å². The van der Waals surface area contributed by atoms with Gasteiger partial charge >= 0.3 is 0 Å². The van der Waals surface area contributed by atoms with Crippen molar-refractivity contribution in [1.29, 1.82) is 0 Å². The maximum atomic E-state index is 5.58. The van der Waals surface area contributed by atoms with Crippen molar-refractivity contribution in [1.82, 2.24) is 10.2 Å². The molecule has 3 saturated heterocycles. The fourth-order valence-corrected chi connectivity index (χ4v) is 5.92. The van der Waals surface area contributed by atoms with Crippen molar-refractivity contribution in [2.24, 2.45) is 5.92 Å². The second kappa shape index (κ2) is 7.82. The predicted octanol–water partition coefficient (Wildman–Crippen LogP) is 3.27. The molecule has 1 aromatic rings. The van der Waals surface area contributed by atoms with Gasteiger partial charge in [-0.15, -0.1) is 0 Å². The number of ether oxygens (including phenoxy) is 2. The second-order valence-corrected chi connectivity index (χ2v) is 9.21. The van der Waals surface area contributed by atoms with E-state index in [9.17, 15) is 0 Å². The Labute approximate surface area is 163 Å². The summed E-state index contributed by atoms with van der Waals surface area (Å²) < 4.78 is 11.1. The molecule has 0 unspecified atom stereocenters. The highest BCUT2D eigenvalue weighted by atomic mass is 16.5. The van der Waals surface area contributed by atoms with E-state index in [-0.39, 0.29) is 0 Å². The number of likely N-dealkylation sites (tertiary alicyclic amines) is 1. The van der Waals surface area contributed by atoms with Crippen LogP contribution in [-0.2, 0) is 14.9 Å². The van der Waals surface area contributed by atoms with Crippen LogP contribution in [0, 0.1) is 5.92 Å². The van der Waals surface area contributed by atoms with Crippen molar-refractivity contribution in [2.45, 2.75) is 56.0 Å². The summed E-state index contributed by atoms with van der Waals surface area (Å²) in [5, 5.41) is 4.01. The Bertz CT molecular complexity index is 629. The summed E-state index contributed by atoms with van der Waals surface area (Å²) in [5.41, 5.74) is 3.60. The summed E-state index contributed by atoms with van der Waals surface area (Å²) in [4.78, 5) is 2.70. The van der Waals surface area contributed by atoms with Crippen LogP contribution >= 0.6 is 0 Å². The predicted molar refractivity (Wildman–Crippen MR) is 107 cm³/mol. The van der Waals surface area contributed by atoms with Crippen molar-refractivity contribution in [3.63, 3.8) is 0 Å². The zero-order valence-electron chi connectivity index (χ0n) is 16.5. The van der Waals surface area contributed by atoms with Gasteiger partial charge in [0.25, 0.3) is 0 Å². The molecule has 0 bridgehead atoms. The highest BCUT2D eigenvalue weighted by molar-refractivity contribution is 5.42. The molecule has 148 valence electrons. The van der Waals surface area contributed by atoms with Crippen LogP contribution in [0.3, 0.4) is 0 Å². The molecule has 0 aromatic heterocycles. The van der Waals surface area contributed by atoms with Gasteiger partial charge in [0.1, 0.15) is 0 Å². The first kappa shape index (κ1) is 18.1. The fourth-order valence-electron chi connectivity index (χ4n) is 5.92. The van der Waals surface area contributed by atoms with Crippen LogP contribution < -0.4 is 5.32 Å². The molecule has 2 atom stereocenters. The quantitative estimate of drug-likeness (QED) is 0.882. The average Bonchev–Trinajstić information content (AvgIpc) is 3.32. The maximum Gasteiger partial charge on any atom is 0.0507 e. The Balaban J connectivity index is 1.27. The lowest BCUT2D eigenvalue weighted by Gasteiger charge is -2.41. The van der Waals surface area contributed by atoms with Crippen LogP contribution in [0.5, 0.6) is 0 Å². The Morgan fingerprint density at radius 1 is 1.00 bits per heavy atom. The molecule has 0 amide bonds. The number of hydrogen-bond acceptors (Lipinski definition) is 4. The van der Waals surface area contributed by atoms with Crippen LogP contribution in [0.15, 0.2) is 24.3 Å². The SMILES string of the molecule is c1ccc2c(c1)[C@@H](NC1CCOCC1)CC21CCN(C[C@H]2CCOC2)CC1. The molecule has 3 heterocycles. The smallest absolute Gasteiger partial charge is 0.0507 e. The lowest BCUT2D eigenvalue weighted by molar-refractivity contribution is 0.0728. The van der Waals surface area contributed by atoms with Gasteiger partial charge in [0.05, 0.1) is 6.61 Å². The van der Waals surface area contributed by atoms with Gasteiger partial charge in [-0.2, -0.15) is 0 Å². The highest BCUT2D eigenvalue weighted by Gasteiger charge is 2.45.